The van der Waals surface area contributed by atoms with Crippen molar-refractivity contribution in [1.82, 2.24) is 9.97 Å². The molecule has 0 aliphatic rings. The Kier molecular flexibility index (Phi) is 5.75. The van der Waals surface area contributed by atoms with Crippen molar-refractivity contribution >= 4 is 11.8 Å². The highest BCUT2D eigenvalue weighted by molar-refractivity contribution is 5.44. The summed E-state index contributed by atoms with van der Waals surface area (Å²) in [4.78, 5) is 13.8. The van der Waals surface area contributed by atoms with Gasteiger partial charge in [-0.2, -0.15) is 4.98 Å². The molecule has 0 spiro atoms. The van der Waals surface area contributed by atoms with Crippen LogP contribution >= 0.6 is 0 Å². The molecular weight excluding hydrogens is 272 g/mol. The first-order chi connectivity index (χ1) is 10.7. The number of hydrogen-bond acceptors (Lipinski definition) is 4. The fourth-order valence-corrected chi connectivity index (χ4v) is 2.47. The van der Waals surface area contributed by atoms with Crippen LogP contribution < -0.4 is 9.80 Å². The summed E-state index contributed by atoms with van der Waals surface area (Å²) < 4.78 is 0. The summed E-state index contributed by atoms with van der Waals surface area (Å²) in [7, 11) is 0. The van der Waals surface area contributed by atoms with Gasteiger partial charge in [0.25, 0.3) is 0 Å². The van der Waals surface area contributed by atoms with Gasteiger partial charge in [0.1, 0.15) is 5.82 Å². The molecule has 1 aromatic carbocycles. The quantitative estimate of drug-likeness (QED) is 0.779. The molecule has 0 saturated carbocycles. The highest BCUT2D eigenvalue weighted by atomic mass is 15.3. The molecule has 1 heterocycles. The summed E-state index contributed by atoms with van der Waals surface area (Å²) in [5.74, 6) is 1.79. The molecule has 0 unspecified atom stereocenters. The van der Waals surface area contributed by atoms with Crippen molar-refractivity contribution in [3.05, 3.63) is 48.2 Å². The van der Waals surface area contributed by atoms with E-state index in [9.17, 15) is 0 Å². The van der Waals surface area contributed by atoms with Crippen LogP contribution in [0.5, 0.6) is 0 Å². The maximum Gasteiger partial charge on any atom is 0.227 e. The highest BCUT2D eigenvalue weighted by Gasteiger charge is 2.15. The van der Waals surface area contributed by atoms with Gasteiger partial charge in [0, 0.05) is 31.9 Å². The molecule has 0 bridgehead atoms. The zero-order valence-corrected chi connectivity index (χ0v) is 14.0. The third kappa shape index (κ3) is 3.97. The average Bonchev–Trinajstić information content (AvgIpc) is 2.55. The number of hydrogen-bond donors (Lipinski definition) is 0. The minimum Gasteiger partial charge on any atom is -0.357 e. The summed E-state index contributed by atoms with van der Waals surface area (Å²) in [6.07, 6.45) is 1.86. The Morgan fingerprint density at radius 3 is 2.27 bits per heavy atom. The molecule has 4 heteroatoms. The fourth-order valence-electron chi connectivity index (χ4n) is 2.47. The SMILES string of the molecule is CCN(CC)c1ccnc(N(Cc2ccccc2)C(C)C)n1. The monoisotopic (exact) mass is 298 g/mol. The minimum atomic E-state index is 0.340. The molecule has 22 heavy (non-hydrogen) atoms. The zero-order chi connectivity index (χ0) is 15.9. The van der Waals surface area contributed by atoms with E-state index >= 15 is 0 Å². The largest absolute Gasteiger partial charge is 0.357 e. The molecule has 0 N–H and O–H groups in total. The van der Waals surface area contributed by atoms with Gasteiger partial charge in [0.2, 0.25) is 5.95 Å². The Labute approximate surface area is 133 Å². The number of rotatable bonds is 7. The van der Waals surface area contributed by atoms with Gasteiger partial charge in [-0.05, 0) is 39.3 Å². The van der Waals surface area contributed by atoms with Gasteiger partial charge < -0.3 is 9.80 Å². The van der Waals surface area contributed by atoms with Crippen LogP contribution in [0.15, 0.2) is 42.6 Å². The van der Waals surface area contributed by atoms with Crippen molar-refractivity contribution in [2.24, 2.45) is 0 Å². The van der Waals surface area contributed by atoms with Crippen LogP contribution in [0.1, 0.15) is 33.3 Å². The van der Waals surface area contributed by atoms with E-state index in [4.69, 9.17) is 4.98 Å². The second-order valence-electron chi connectivity index (χ2n) is 5.59. The zero-order valence-electron chi connectivity index (χ0n) is 14.0. The Hall–Kier alpha value is -2.10. The van der Waals surface area contributed by atoms with E-state index in [1.54, 1.807) is 0 Å². The number of nitrogens with zero attached hydrogens (tertiary/aromatic N) is 4. The third-order valence-corrected chi connectivity index (χ3v) is 3.79. The van der Waals surface area contributed by atoms with Crippen LogP contribution in [-0.4, -0.2) is 29.1 Å². The topological polar surface area (TPSA) is 32.3 Å². The lowest BCUT2D eigenvalue weighted by molar-refractivity contribution is 0.659. The average molecular weight is 298 g/mol. The molecule has 4 nitrogen and oxygen atoms in total. The predicted molar refractivity (Wildman–Crippen MR) is 93.4 cm³/mol. The minimum absolute atomic E-state index is 0.340. The lowest BCUT2D eigenvalue weighted by Crippen LogP contribution is -2.32. The molecule has 2 aromatic rings. The second-order valence-corrected chi connectivity index (χ2v) is 5.59. The Morgan fingerprint density at radius 2 is 1.68 bits per heavy atom. The summed E-state index contributed by atoms with van der Waals surface area (Å²) in [6, 6.07) is 12.8. The molecule has 118 valence electrons. The van der Waals surface area contributed by atoms with Crippen LogP contribution in [0.25, 0.3) is 0 Å². The van der Waals surface area contributed by atoms with Gasteiger partial charge in [-0.15, -0.1) is 0 Å². The van der Waals surface area contributed by atoms with Crippen LogP contribution in [0.4, 0.5) is 11.8 Å². The van der Waals surface area contributed by atoms with E-state index in [1.165, 1.54) is 5.56 Å². The first-order valence-electron chi connectivity index (χ1n) is 8.04. The van der Waals surface area contributed by atoms with Gasteiger partial charge in [-0.25, -0.2) is 4.98 Å². The van der Waals surface area contributed by atoms with Crippen molar-refractivity contribution < 1.29 is 0 Å². The van der Waals surface area contributed by atoms with Gasteiger partial charge in [-0.3, -0.25) is 0 Å². The van der Waals surface area contributed by atoms with E-state index in [0.29, 0.717) is 6.04 Å². The van der Waals surface area contributed by atoms with E-state index in [2.05, 4.69) is 66.7 Å². The van der Waals surface area contributed by atoms with Gasteiger partial charge in [0.05, 0.1) is 0 Å². The van der Waals surface area contributed by atoms with Gasteiger partial charge in [-0.1, -0.05) is 30.3 Å². The molecule has 0 atom stereocenters. The first-order valence-corrected chi connectivity index (χ1v) is 8.04. The fraction of sp³-hybridized carbons (Fsp3) is 0.444. The summed E-state index contributed by atoms with van der Waals surface area (Å²) in [6.45, 7) is 11.4. The van der Waals surface area contributed by atoms with Crippen LogP contribution in [0, 0.1) is 0 Å². The highest BCUT2D eigenvalue weighted by Crippen LogP contribution is 2.19. The smallest absolute Gasteiger partial charge is 0.227 e. The third-order valence-electron chi connectivity index (χ3n) is 3.79. The van der Waals surface area contributed by atoms with Crippen molar-refractivity contribution in [2.75, 3.05) is 22.9 Å². The molecule has 1 aromatic heterocycles. The summed E-state index contributed by atoms with van der Waals surface area (Å²) >= 11 is 0. The molecule has 2 rings (SSSR count). The lowest BCUT2D eigenvalue weighted by Gasteiger charge is -2.28. The van der Waals surface area contributed by atoms with Crippen LogP contribution in [0.3, 0.4) is 0 Å². The van der Waals surface area contributed by atoms with Crippen LogP contribution in [-0.2, 0) is 6.54 Å². The Bertz CT molecular complexity index is 564. The van der Waals surface area contributed by atoms with Gasteiger partial charge in [0.15, 0.2) is 0 Å². The number of benzene rings is 1. The van der Waals surface area contributed by atoms with E-state index < -0.39 is 0 Å². The molecular formula is C18H26N4. The standard InChI is InChI=1S/C18H26N4/c1-5-21(6-2)17-12-13-19-18(20-17)22(15(3)4)14-16-10-8-7-9-11-16/h7-13,15H,5-6,14H2,1-4H3. The van der Waals surface area contributed by atoms with Crippen molar-refractivity contribution in [3.8, 4) is 0 Å². The first kappa shape index (κ1) is 16.3. The van der Waals surface area contributed by atoms with E-state index in [0.717, 1.165) is 31.4 Å². The molecule has 0 fully saturated rings. The Balaban J connectivity index is 2.27. The van der Waals surface area contributed by atoms with Crippen molar-refractivity contribution in [1.29, 1.82) is 0 Å². The van der Waals surface area contributed by atoms with Crippen LogP contribution in [0.2, 0.25) is 0 Å². The normalized spacial score (nSPS) is 10.8. The summed E-state index contributed by atoms with van der Waals surface area (Å²) in [5, 5.41) is 0. The Morgan fingerprint density at radius 1 is 1.00 bits per heavy atom. The van der Waals surface area contributed by atoms with E-state index in [1.807, 2.05) is 18.3 Å². The number of aromatic nitrogens is 2. The molecule has 0 amide bonds. The van der Waals surface area contributed by atoms with Crippen molar-refractivity contribution in [2.45, 2.75) is 40.3 Å². The second kappa shape index (κ2) is 7.78. The number of anilines is 2. The van der Waals surface area contributed by atoms with E-state index in [-0.39, 0.29) is 0 Å². The maximum atomic E-state index is 4.77. The summed E-state index contributed by atoms with van der Waals surface area (Å²) in [5.41, 5.74) is 1.27. The molecule has 0 aliphatic carbocycles. The molecule has 0 radical (unpaired) electrons. The lowest BCUT2D eigenvalue weighted by atomic mass is 10.2. The van der Waals surface area contributed by atoms with Gasteiger partial charge >= 0.3 is 0 Å². The maximum absolute atomic E-state index is 4.77. The predicted octanol–water partition coefficient (Wildman–Crippen LogP) is 3.74. The molecule has 0 saturated heterocycles. The molecule has 0 aliphatic heterocycles. The van der Waals surface area contributed by atoms with Crippen molar-refractivity contribution in [3.63, 3.8) is 0 Å².